The molecule has 0 heterocycles. The Labute approximate surface area is 142 Å². The topological polar surface area (TPSA) is 58.2 Å². The monoisotopic (exact) mass is 404 g/mol. The van der Waals surface area contributed by atoms with Crippen molar-refractivity contribution in [2.24, 2.45) is 5.92 Å². The number of halogens is 2. The van der Waals surface area contributed by atoms with Crippen molar-refractivity contribution in [3.63, 3.8) is 0 Å². The van der Waals surface area contributed by atoms with Crippen LogP contribution in [0.5, 0.6) is 0 Å². The summed E-state index contributed by atoms with van der Waals surface area (Å²) >= 11 is 6.48. The number of hydrogen-bond acceptors (Lipinski definition) is 2. The number of amides is 2. The molecule has 20 heavy (non-hydrogen) atoms. The van der Waals surface area contributed by atoms with Crippen LogP contribution in [0.4, 0.5) is 0 Å². The molecule has 0 aromatic carbocycles. The van der Waals surface area contributed by atoms with Crippen molar-refractivity contribution in [3.8, 4) is 0 Å². The molecule has 1 atom stereocenters. The van der Waals surface area contributed by atoms with Gasteiger partial charge in [-0.2, -0.15) is 0 Å². The molecule has 0 aliphatic carbocycles. The average Bonchev–Trinajstić information content (AvgIpc) is 2.28. The first-order chi connectivity index (χ1) is 8.94. The van der Waals surface area contributed by atoms with Gasteiger partial charge in [0.25, 0.3) is 0 Å². The molecule has 0 spiro atoms. The van der Waals surface area contributed by atoms with Gasteiger partial charge in [0.05, 0.1) is 0 Å². The first-order valence-electron chi connectivity index (χ1n) is 6.89. The fourth-order valence-electron chi connectivity index (χ4n) is 1.44. The van der Waals surface area contributed by atoms with Crippen LogP contribution in [-0.2, 0) is 9.59 Å². The van der Waals surface area contributed by atoms with Crippen LogP contribution >= 0.6 is 31.9 Å². The van der Waals surface area contributed by atoms with Crippen molar-refractivity contribution in [1.82, 2.24) is 10.6 Å². The summed E-state index contributed by atoms with van der Waals surface area (Å²) in [6.07, 6.45) is 1.86. The van der Waals surface area contributed by atoms with Crippen LogP contribution in [0.15, 0.2) is 0 Å². The molecular formula is C10H22B4Br2N2O2. The lowest BCUT2D eigenvalue weighted by molar-refractivity contribution is -0.121. The zero-order chi connectivity index (χ0) is 16.0. The second-order valence-corrected chi connectivity index (χ2v) is 10.6. The Morgan fingerprint density at radius 1 is 1.10 bits per heavy atom. The van der Waals surface area contributed by atoms with E-state index in [1.807, 2.05) is 23.5 Å². The number of carbonyl (C=O) groups excluding carboxylic acids is 2. The van der Waals surface area contributed by atoms with Crippen molar-refractivity contribution in [3.05, 3.63) is 0 Å². The minimum absolute atomic E-state index is 0.0759. The van der Waals surface area contributed by atoms with Gasteiger partial charge < -0.3 is 10.6 Å². The van der Waals surface area contributed by atoms with E-state index >= 15 is 0 Å². The molecule has 4 nitrogen and oxygen atoms in total. The van der Waals surface area contributed by atoms with Gasteiger partial charge in [0, 0.05) is 13.1 Å². The fraction of sp³-hybridized carbons (Fsp3) is 0.800. The maximum absolute atomic E-state index is 11.7. The van der Waals surface area contributed by atoms with Crippen molar-refractivity contribution in [2.75, 3.05) is 13.1 Å². The van der Waals surface area contributed by atoms with Crippen molar-refractivity contribution >= 4 is 75.1 Å². The molecule has 0 saturated carbocycles. The summed E-state index contributed by atoms with van der Waals surface area (Å²) in [5.74, 6) is 0.399. The normalized spacial score (nSPS) is 13.6. The molecule has 0 aliphatic heterocycles. The maximum atomic E-state index is 11.7. The zero-order valence-electron chi connectivity index (χ0n) is 13.0. The summed E-state index contributed by atoms with van der Waals surface area (Å²) in [5, 5.41) is 5.46. The summed E-state index contributed by atoms with van der Waals surface area (Å²) < 4.78 is -0.702. The van der Waals surface area contributed by atoms with Gasteiger partial charge in [-0.3, -0.25) is 9.59 Å². The van der Waals surface area contributed by atoms with E-state index in [9.17, 15) is 9.59 Å². The lowest BCUT2D eigenvalue weighted by atomic mass is 9.42. The van der Waals surface area contributed by atoms with Crippen LogP contribution in [0.2, 0.25) is 5.11 Å². The van der Waals surface area contributed by atoms with E-state index in [1.165, 1.54) is 0 Å². The predicted octanol–water partition coefficient (Wildman–Crippen LogP) is -2.32. The van der Waals surface area contributed by atoms with E-state index in [0.29, 0.717) is 19.0 Å². The van der Waals surface area contributed by atoms with E-state index in [0.717, 1.165) is 12.8 Å². The summed E-state index contributed by atoms with van der Waals surface area (Å²) in [6.45, 7) is 3.42. The number of alkyl halides is 2. The highest BCUT2D eigenvalue weighted by Crippen LogP contribution is 2.21. The number of hydrogen-bond donors (Lipinski definition) is 2. The smallest absolute Gasteiger partial charge is 0.238 e. The number of rotatable bonds is 8. The number of nitrogens with one attached hydrogen (secondary N) is 2. The van der Waals surface area contributed by atoms with Crippen molar-refractivity contribution in [2.45, 2.75) is 28.0 Å². The summed E-state index contributed by atoms with van der Waals surface area (Å²) in [6, 6.07) is 0. The van der Waals surface area contributed by atoms with E-state index in [4.69, 9.17) is 0 Å². The van der Waals surface area contributed by atoms with Crippen LogP contribution in [0, 0.1) is 5.92 Å². The van der Waals surface area contributed by atoms with Crippen LogP contribution in [0.3, 0.4) is 0 Å². The number of carbonyl (C=O) groups is 2. The van der Waals surface area contributed by atoms with Gasteiger partial charge in [-0.1, -0.05) is 38.8 Å². The SMILES string of the molecule is BC(B)(B)C(=O)NCC(C)CCCNC(=O)C(B)(Br)Br. The van der Waals surface area contributed by atoms with Gasteiger partial charge in [-0.25, -0.2) is 0 Å². The third kappa shape index (κ3) is 9.16. The highest BCUT2D eigenvalue weighted by molar-refractivity contribution is 9.26. The van der Waals surface area contributed by atoms with Gasteiger partial charge in [0.15, 0.2) is 0 Å². The van der Waals surface area contributed by atoms with Crippen LogP contribution in [0.25, 0.3) is 0 Å². The molecule has 0 fully saturated rings. The molecule has 0 aliphatic rings. The van der Waals surface area contributed by atoms with E-state index in [-0.39, 0.29) is 16.9 Å². The van der Waals surface area contributed by atoms with Crippen LogP contribution in [-0.4, -0.2) is 59.4 Å². The van der Waals surface area contributed by atoms with Crippen molar-refractivity contribution < 1.29 is 9.59 Å². The second-order valence-electron chi connectivity index (χ2n) is 6.35. The molecular weight excluding hydrogens is 383 g/mol. The quantitative estimate of drug-likeness (QED) is 0.271. The van der Waals surface area contributed by atoms with Crippen LogP contribution in [0.1, 0.15) is 19.8 Å². The molecule has 0 rings (SSSR count). The van der Waals surface area contributed by atoms with Gasteiger partial charge in [0.2, 0.25) is 11.8 Å². The molecule has 2 amide bonds. The third-order valence-corrected chi connectivity index (χ3v) is 3.57. The molecule has 0 saturated heterocycles. The van der Waals surface area contributed by atoms with E-state index < -0.39 is 3.13 Å². The Balaban J connectivity index is 3.78. The lowest BCUT2D eigenvalue weighted by Gasteiger charge is -2.20. The molecule has 0 radical (unpaired) electrons. The van der Waals surface area contributed by atoms with Gasteiger partial charge in [-0.15, -0.1) is 0 Å². The first kappa shape index (κ1) is 20.2. The standard InChI is InChI=1S/C10H22B4Br2N2O2/c1-6(5-18-7(19)9(11,12)13)3-2-4-17-8(20)10(14,15)16/h6H,2-5,11-14H2,1H3,(H,17,20)(H,18,19). The zero-order valence-corrected chi connectivity index (χ0v) is 16.2. The maximum Gasteiger partial charge on any atom is 0.238 e. The molecule has 0 aromatic heterocycles. The summed E-state index contributed by atoms with van der Waals surface area (Å²) in [4.78, 5) is 23.3. The molecule has 10 heteroatoms. The average molecular weight is 405 g/mol. The third-order valence-electron chi connectivity index (χ3n) is 2.85. The molecule has 1 unspecified atom stereocenters. The van der Waals surface area contributed by atoms with Gasteiger partial charge in [0.1, 0.15) is 34.5 Å². The van der Waals surface area contributed by atoms with Gasteiger partial charge in [-0.05, 0) is 23.9 Å². The Morgan fingerprint density at radius 2 is 1.65 bits per heavy atom. The Bertz CT molecular complexity index is 345. The largest absolute Gasteiger partial charge is 0.357 e. The Hall–Kier alpha value is 0.160. The Kier molecular flexibility index (Phi) is 8.63. The van der Waals surface area contributed by atoms with Crippen molar-refractivity contribution in [1.29, 1.82) is 0 Å². The summed E-state index contributed by atoms with van der Waals surface area (Å²) in [7, 11) is 7.45. The second kappa shape index (κ2) is 8.57. The highest BCUT2D eigenvalue weighted by Gasteiger charge is 2.25. The predicted molar refractivity (Wildman–Crippen MR) is 102 cm³/mol. The lowest BCUT2D eigenvalue weighted by Crippen LogP contribution is -2.39. The molecule has 0 bridgehead atoms. The fourth-order valence-corrected chi connectivity index (χ4v) is 1.72. The van der Waals surface area contributed by atoms with E-state index in [2.05, 4.69) is 49.4 Å². The molecule has 0 aromatic rings. The van der Waals surface area contributed by atoms with Gasteiger partial charge >= 0.3 is 0 Å². The van der Waals surface area contributed by atoms with Crippen LogP contribution < -0.4 is 10.6 Å². The highest BCUT2D eigenvalue weighted by atomic mass is 79.9. The first-order valence-corrected chi connectivity index (χ1v) is 8.47. The summed E-state index contributed by atoms with van der Waals surface area (Å²) in [5.41, 5.74) is 0. The minimum Gasteiger partial charge on any atom is -0.357 e. The Morgan fingerprint density at radius 3 is 2.10 bits per heavy atom. The molecule has 2 N–H and O–H groups in total. The minimum atomic E-state index is -0.702. The molecule has 110 valence electrons. The van der Waals surface area contributed by atoms with E-state index in [1.54, 1.807) is 7.85 Å².